The minimum atomic E-state index is -0.389. The molecule has 0 fully saturated rings. The minimum Gasteiger partial charge on any atom is -0.496 e. The van der Waals surface area contributed by atoms with E-state index < -0.39 is 0 Å². The van der Waals surface area contributed by atoms with Crippen LogP contribution in [0.15, 0.2) is 24.3 Å². The maximum atomic E-state index is 11.5. The number of hydrogen-bond acceptors (Lipinski definition) is 5. The van der Waals surface area contributed by atoms with Crippen molar-refractivity contribution in [1.82, 2.24) is 4.98 Å². The van der Waals surface area contributed by atoms with E-state index in [2.05, 4.69) is 4.98 Å². The van der Waals surface area contributed by atoms with Gasteiger partial charge in [-0.2, -0.15) is 0 Å². The van der Waals surface area contributed by atoms with Crippen molar-refractivity contribution in [2.75, 3.05) is 14.2 Å². The molecule has 0 unspecified atom stereocenters. The van der Waals surface area contributed by atoms with E-state index in [1.165, 1.54) is 18.4 Å². The summed E-state index contributed by atoms with van der Waals surface area (Å²) in [6, 6.07) is 7.79. The van der Waals surface area contributed by atoms with Crippen LogP contribution in [0.1, 0.15) is 25.9 Å². The highest BCUT2D eigenvalue weighted by molar-refractivity contribution is 7.11. The van der Waals surface area contributed by atoms with Crippen LogP contribution in [0.25, 0.3) is 0 Å². The van der Waals surface area contributed by atoms with Crippen molar-refractivity contribution < 1.29 is 14.3 Å². The molecule has 19 heavy (non-hydrogen) atoms. The molecule has 0 saturated heterocycles. The number of esters is 1. The number of thiazole rings is 1. The van der Waals surface area contributed by atoms with Crippen LogP contribution in [0, 0.1) is 6.92 Å². The smallest absolute Gasteiger partial charge is 0.357 e. The number of hydrogen-bond donors (Lipinski definition) is 0. The van der Waals surface area contributed by atoms with Gasteiger partial charge >= 0.3 is 5.97 Å². The van der Waals surface area contributed by atoms with Crippen LogP contribution < -0.4 is 4.74 Å². The van der Waals surface area contributed by atoms with Gasteiger partial charge in [-0.15, -0.1) is 11.3 Å². The number of carbonyl (C=O) groups excluding carboxylic acids is 1. The Morgan fingerprint density at radius 3 is 2.74 bits per heavy atom. The number of aryl methyl sites for hydroxylation is 1. The third-order valence-corrected chi connectivity index (χ3v) is 3.72. The largest absolute Gasteiger partial charge is 0.496 e. The molecule has 1 aromatic heterocycles. The number of benzene rings is 1. The summed E-state index contributed by atoms with van der Waals surface area (Å²) in [5, 5.41) is 0.877. The predicted octanol–water partition coefficient (Wildman–Crippen LogP) is 2.84. The second-order valence-electron chi connectivity index (χ2n) is 3.99. The number of rotatable bonds is 4. The summed E-state index contributed by atoms with van der Waals surface area (Å²) in [4.78, 5) is 16.7. The molecular weight excluding hydrogens is 262 g/mol. The van der Waals surface area contributed by atoms with E-state index in [9.17, 15) is 4.79 Å². The Hall–Kier alpha value is -1.88. The Bertz CT molecular complexity index is 592. The number of para-hydroxylation sites is 1. The molecule has 0 amide bonds. The Kier molecular flexibility index (Phi) is 4.16. The van der Waals surface area contributed by atoms with E-state index in [0.717, 1.165) is 21.2 Å². The molecule has 0 radical (unpaired) electrons. The van der Waals surface area contributed by atoms with Crippen LogP contribution in [0.4, 0.5) is 0 Å². The van der Waals surface area contributed by atoms with Gasteiger partial charge in [-0.05, 0) is 13.0 Å². The Labute approximate surface area is 116 Å². The highest BCUT2D eigenvalue weighted by Gasteiger charge is 2.16. The number of carbonyl (C=O) groups is 1. The minimum absolute atomic E-state index is 0.389. The lowest BCUT2D eigenvalue weighted by Gasteiger charge is -2.05. The van der Waals surface area contributed by atoms with Gasteiger partial charge in [0.2, 0.25) is 0 Å². The van der Waals surface area contributed by atoms with Crippen molar-refractivity contribution in [2.24, 2.45) is 0 Å². The normalized spacial score (nSPS) is 10.3. The van der Waals surface area contributed by atoms with Gasteiger partial charge in [-0.1, -0.05) is 18.2 Å². The van der Waals surface area contributed by atoms with Crippen molar-refractivity contribution in [2.45, 2.75) is 13.3 Å². The summed E-state index contributed by atoms with van der Waals surface area (Å²) in [6.07, 6.45) is 0.645. The van der Waals surface area contributed by atoms with Crippen molar-refractivity contribution in [3.63, 3.8) is 0 Å². The molecule has 0 N–H and O–H groups in total. The highest BCUT2D eigenvalue weighted by Crippen LogP contribution is 2.25. The fourth-order valence-corrected chi connectivity index (χ4v) is 2.77. The molecule has 5 heteroatoms. The van der Waals surface area contributed by atoms with Crippen LogP contribution >= 0.6 is 11.3 Å². The molecule has 2 aromatic rings. The Balaban J connectivity index is 2.27. The Morgan fingerprint density at radius 1 is 1.32 bits per heavy atom. The molecule has 0 bridgehead atoms. The maximum Gasteiger partial charge on any atom is 0.357 e. The second-order valence-corrected chi connectivity index (χ2v) is 5.28. The maximum absolute atomic E-state index is 11.5. The lowest BCUT2D eigenvalue weighted by atomic mass is 10.1. The first kappa shape index (κ1) is 13.5. The van der Waals surface area contributed by atoms with E-state index in [-0.39, 0.29) is 5.97 Å². The molecule has 0 saturated carbocycles. The quantitative estimate of drug-likeness (QED) is 0.806. The van der Waals surface area contributed by atoms with Gasteiger partial charge in [0, 0.05) is 16.9 Å². The predicted molar refractivity (Wildman–Crippen MR) is 74.0 cm³/mol. The lowest BCUT2D eigenvalue weighted by molar-refractivity contribution is 0.0594. The van der Waals surface area contributed by atoms with Gasteiger partial charge in [0.15, 0.2) is 5.69 Å². The number of nitrogens with zero attached hydrogens (tertiary/aromatic N) is 1. The van der Waals surface area contributed by atoms with Crippen LogP contribution in [-0.2, 0) is 11.2 Å². The molecule has 100 valence electrons. The zero-order chi connectivity index (χ0) is 13.8. The monoisotopic (exact) mass is 277 g/mol. The van der Waals surface area contributed by atoms with Crippen molar-refractivity contribution >= 4 is 17.3 Å². The van der Waals surface area contributed by atoms with Gasteiger partial charge in [0.05, 0.1) is 19.2 Å². The van der Waals surface area contributed by atoms with Gasteiger partial charge in [-0.25, -0.2) is 9.78 Å². The first-order valence-corrected chi connectivity index (χ1v) is 6.64. The third-order valence-electron chi connectivity index (χ3n) is 2.75. The summed E-state index contributed by atoms with van der Waals surface area (Å²) >= 11 is 1.50. The summed E-state index contributed by atoms with van der Waals surface area (Å²) in [5.74, 6) is 0.440. The Morgan fingerprint density at radius 2 is 2.05 bits per heavy atom. The molecule has 1 aromatic carbocycles. The van der Waals surface area contributed by atoms with Crippen LogP contribution in [0.5, 0.6) is 5.75 Å². The molecule has 0 aliphatic carbocycles. The van der Waals surface area contributed by atoms with Gasteiger partial charge in [0.25, 0.3) is 0 Å². The standard InChI is InChI=1S/C14H15NO3S/c1-9-13(14(16)18-3)15-12(19-9)8-10-6-4-5-7-11(10)17-2/h4-7H,8H2,1-3H3. The molecule has 2 rings (SSSR count). The van der Waals surface area contributed by atoms with Crippen molar-refractivity contribution in [3.8, 4) is 5.75 Å². The number of aromatic nitrogens is 1. The van der Waals surface area contributed by atoms with E-state index in [4.69, 9.17) is 9.47 Å². The van der Waals surface area contributed by atoms with Crippen LogP contribution in [0.2, 0.25) is 0 Å². The first-order valence-electron chi connectivity index (χ1n) is 5.82. The fourth-order valence-electron chi connectivity index (χ4n) is 1.82. The molecule has 1 heterocycles. The molecule has 0 spiro atoms. The number of ether oxygens (including phenoxy) is 2. The average molecular weight is 277 g/mol. The third kappa shape index (κ3) is 2.93. The number of methoxy groups -OCH3 is 2. The highest BCUT2D eigenvalue weighted by atomic mass is 32.1. The van der Waals surface area contributed by atoms with Gasteiger partial charge < -0.3 is 9.47 Å². The molecular formula is C14H15NO3S. The van der Waals surface area contributed by atoms with Crippen molar-refractivity contribution in [1.29, 1.82) is 0 Å². The van der Waals surface area contributed by atoms with E-state index in [0.29, 0.717) is 12.1 Å². The lowest BCUT2D eigenvalue weighted by Crippen LogP contribution is -2.03. The van der Waals surface area contributed by atoms with Gasteiger partial charge in [-0.3, -0.25) is 0 Å². The average Bonchev–Trinajstić information content (AvgIpc) is 2.79. The topological polar surface area (TPSA) is 48.4 Å². The summed E-state index contributed by atoms with van der Waals surface area (Å²) < 4.78 is 10.0. The van der Waals surface area contributed by atoms with Crippen molar-refractivity contribution in [3.05, 3.63) is 45.4 Å². The molecule has 4 nitrogen and oxygen atoms in total. The van der Waals surface area contributed by atoms with E-state index >= 15 is 0 Å². The van der Waals surface area contributed by atoms with E-state index in [1.54, 1.807) is 7.11 Å². The zero-order valence-electron chi connectivity index (χ0n) is 11.1. The summed E-state index contributed by atoms with van der Waals surface area (Å²) in [7, 11) is 3.01. The van der Waals surface area contributed by atoms with Crippen LogP contribution in [-0.4, -0.2) is 25.2 Å². The summed E-state index contributed by atoms with van der Waals surface area (Å²) in [6.45, 7) is 1.87. The van der Waals surface area contributed by atoms with Crippen LogP contribution in [0.3, 0.4) is 0 Å². The fraction of sp³-hybridized carbons (Fsp3) is 0.286. The first-order chi connectivity index (χ1) is 9.15. The molecule has 0 aliphatic rings. The molecule has 0 aliphatic heterocycles. The summed E-state index contributed by atoms with van der Waals surface area (Å²) in [5.41, 5.74) is 1.45. The SMILES string of the molecule is COC(=O)c1nc(Cc2ccccc2OC)sc1C. The van der Waals surface area contributed by atoms with Gasteiger partial charge in [0.1, 0.15) is 5.75 Å². The molecule has 0 atom stereocenters. The zero-order valence-corrected chi connectivity index (χ0v) is 11.9. The second kappa shape index (κ2) is 5.84. The van der Waals surface area contributed by atoms with E-state index in [1.807, 2.05) is 31.2 Å².